The van der Waals surface area contributed by atoms with Crippen molar-refractivity contribution in [1.82, 2.24) is 10.2 Å². The fourth-order valence-corrected chi connectivity index (χ4v) is 3.41. The van der Waals surface area contributed by atoms with Crippen LogP contribution in [0.2, 0.25) is 0 Å². The Kier molecular flexibility index (Phi) is 4.18. The van der Waals surface area contributed by atoms with Crippen LogP contribution in [0, 0.1) is 6.92 Å². The maximum Gasteiger partial charge on any atom is 0.265 e. The number of aryl methyl sites for hydroxylation is 2. The molecule has 0 unspecified atom stereocenters. The largest absolute Gasteiger partial charge is 0.314 e. The fourth-order valence-electron chi connectivity index (χ4n) is 2.38. The van der Waals surface area contributed by atoms with Crippen molar-refractivity contribution in [3.05, 3.63) is 21.4 Å². The summed E-state index contributed by atoms with van der Waals surface area (Å²) in [7, 11) is 0. The van der Waals surface area contributed by atoms with Gasteiger partial charge in [0.25, 0.3) is 11.8 Å². The zero-order chi connectivity index (χ0) is 15.8. The highest BCUT2D eigenvalue weighted by atomic mass is 32.1. The van der Waals surface area contributed by atoms with Gasteiger partial charge in [-0.2, -0.15) is 0 Å². The lowest BCUT2D eigenvalue weighted by atomic mass is 9.98. The molecule has 0 saturated carbocycles. The third-order valence-corrected chi connectivity index (χ3v) is 4.86. The van der Waals surface area contributed by atoms with Crippen molar-refractivity contribution in [3.63, 3.8) is 0 Å². The van der Waals surface area contributed by atoms with E-state index in [4.69, 9.17) is 0 Å². The number of hydrogen-bond donors (Lipinski definition) is 1. The summed E-state index contributed by atoms with van der Waals surface area (Å²) >= 11 is 1.43. The molecule has 1 fully saturated rings. The Labute approximate surface area is 128 Å². The smallest absolute Gasteiger partial charge is 0.265 e. The van der Waals surface area contributed by atoms with E-state index in [1.54, 1.807) is 13.8 Å². The maximum absolute atomic E-state index is 12.7. The standard InChI is InChI=1S/C15H20N2O3S/c1-5-6-10-7-11(21-9(10)2)13(19)17-8-12(18)16-14(20)15(17,3)4/h7H,5-6,8H2,1-4H3,(H,16,18,20). The number of carbonyl (C=O) groups excluding carboxylic acids is 3. The van der Waals surface area contributed by atoms with Gasteiger partial charge in [0.15, 0.2) is 0 Å². The second-order valence-corrected chi connectivity index (χ2v) is 7.03. The fraction of sp³-hybridized carbons (Fsp3) is 0.533. The van der Waals surface area contributed by atoms with Crippen molar-refractivity contribution in [2.24, 2.45) is 0 Å². The maximum atomic E-state index is 12.7. The summed E-state index contributed by atoms with van der Waals surface area (Å²) in [5, 5.41) is 2.27. The lowest BCUT2D eigenvalue weighted by Gasteiger charge is -2.39. The number of imide groups is 1. The van der Waals surface area contributed by atoms with Crippen LogP contribution in [-0.4, -0.2) is 34.7 Å². The highest BCUT2D eigenvalue weighted by molar-refractivity contribution is 7.14. The van der Waals surface area contributed by atoms with Crippen LogP contribution in [0.3, 0.4) is 0 Å². The van der Waals surface area contributed by atoms with E-state index in [9.17, 15) is 14.4 Å². The highest BCUT2D eigenvalue weighted by Gasteiger charge is 2.44. The summed E-state index contributed by atoms with van der Waals surface area (Å²) in [5.41, 5.74) is 0.143. The number of piperazine rings is 1. The van der Waals surface area contributed by atoms with Crippen LogP contribution in [0.1, 0.15) is 47.3 Å². The summed E-state index contributed by atoms with van der Waals surface area (Å²) in [4.78, 5) is 39.2. The number of thiophene rings is 1. The topological polar surface area (TPSA) is 66.5 Å². The molecular formula is C15H20N2O3S. The number of nitrogens with one attached hydrogen (secondary N) is 1. The Morgan fingerprint density at radius 3 is 2.71 bits per heavy atom. The minimum Gasteiger partial charge on any atom is -0.314 e. The Morgan fingerprint density at radius 1 is 1.43 bits per heavy atom. The molecule has 0 aromatic carbocycles. The molecule has 2 heterocycles. The molecule has 0 bridgehead atoms. The number of carbonyl (C=O) groups is 3. The molecule has 5 nitrogen and oxygen atoms in total. The third kappa shape index (κ3) is 2.85. The first-order valence-corrected chi connectivity index (χ1v) is 7.84. The van der Waals surface area contributed by atoms with Crippen molar-refractivity contribution in [2.45, 2.75) is 46.1 Å². The van der Waals surface area contributed by atoms with Gasteiger partial charge in [0.2, 0.25) is 5.91 Å². The summed E-state index contributed by atoms with van der Waals surface area (Å²) in [6.07, 6.45) is 1.94. The number of rotatable bonds is 3. The minimum atomic E-state index is -1.02. The van der Waals surface area contributed by atoms with Crippen LogP contribution in [0.25, 0.3) is 0 Å². The van der Waals surface area contributed by atoms with Crippen LogP contribution in [0.5, 0.6) is 0 Å². The van der Waals surface area contributed by atoms with Crippen LogP contribution in [-0.2, 0) is 16.0 Å². The first-order valence-electron chi connectivity index (χ1n) is 7.03. The summed E-state index contributed by atoms with van der Waals surface area (Å²) in [6, 6.07) is 1.89. The van der Waals surface area contributed by atoms with Gasteiger partial charge < -0.3 is 4.90 Å². The van der Waals surface area contributed by atoms with E-state index in [1.165, 1.54) is 16.2 Å². The zero-order valence-corrected chi connectivity index (χ0v) is 13.6. The molecular weight excluding hydrogens is 288 g/mol. The van der Waals surface area contributed by atoms with Crippen molar-refractivity contribution in [1.29, 1.82) is 0 Å². The van der Waals surface area contributed by atoms with Gasteiger partial charge in [-0.3, -0.25) is 19.7 Å². The zero-order valence-electron chi connectivity index (χ0n) is 12.8. The van der Waals surface area contributed by atoms with E-state index >= 15 is 0 Å². The Morgan fingerprint density at radius 2 is 2.10 bits per heavy atom. The van der Waals surface area contributed by atoms with E-state index in [1.807, 2.05) is 13.0 Å². The molecule has 1 aromatic heterocycles. The SMILES string of the molecule is CCCc1cc(C(=O)N2CC(=O)NC(=O)C2(C)C)sc1C. The average Bonchev–Trinajstić information content (AvgIpc) is 2.75. The van der Waals surface area contributed by atoms with Crippen molar-refractivity contribution >= 4 is 29.1 Å². The molecule has 1 aliphatic rings. The Bertz CT molecular complexity index is 604. The van der Waals surface area contributed by atoms with Gasteiger partial charge in [-0.15, -0.1) is 11.3 Å². The Hall–Kier alpha value is -1.69. The van der Waals surface area contributed by atoms with Gasteiger partial charge >= 0.3 is 0 Å². The second kappa shape index (κ2) is 5.60. The van der Waals surface area contributed by atoms with Gasteiger partial charge in [0.05, 0.1) is 4.88 Å². The van der Waals surface area contributed by atoms with Crippen LogP contribution >= 0.6 is 11.3 Å². The predicted octanol–water partition coefficient (Wildman–Crippen LogP) is 1.89. The molecule has 1 N–H and O–H groups in total. The molecule has 21 heavy (non-hydrogen) atoms. The Balaban J connectivity index is 2.32. The van der Waals surface area contributed by atoms with Crippen LogP contribution < -0.4 is 5.32 Å². The summed E-state index contributed by atoms with van der Waals surface area (Å²) < 4.78 is 0. The molecule has 1 aliphatic heterocycles. The van der Waals surface area contributed by atoms with Crippen LogP contribution in [0.4, 0.5) is 0 Å². The lowest BCUT2D eigenvalue weighted by Crippen LogP contribution is -2.65. The molecule has 114 valence electrons. The van der Waals surface area contributed by atoms with E-state index in [0.29, 0.717) is 4.88 Å². The summed E-state index contributed by atoms with van der Waals surface area (Å²) in [6.45, 7) is 7.30. The van der Waals surface area contributed by atoms with Crippen molar-refractivity contribution in [2.75, 3.05) is 6.54 Å². The van der Waals surface area contributed by atoms with Crippen LogP contribution in [0.15, 0.2) is 6.07 Å². The molecule has 1 aromatic rings. The predicted molar refractivity (Wildman–Crippen MR) is 81.3 cm³/mol. The molecule has 2 rings (SSSR count). The monoisotopic (exact) mass is 308 g/mol. The normalized spacial score (nSPS) is 17.8. The van der Waals surface area contributed by atoms with Gasteiger partial charge in [-0.1, -0.05) is 13.3 Å². The van der Waals surface area contributed by atoms with E-state index < -0.39 is 17.4 Å². The number of hydrogen-bond acceptors (Lipinski definition) is 4. The van der Waals surface area contributed by atoms with Crippen molar-refractivity contribution < 1.29 is 14.4 Å². The second-order valence-electron chi connectivity index (χ2n) is 5.77. The molecule has 3 amide bonds. The first kappa shape index (κ1) is 15.7. The minimum absolute atomic E-state index is 0.0857. The molecule has 0 atom stereocenters. The third-order valence-electron chi connectivity index (χ3n) is 3.78. The average molecular weight is 308 g/mol. The molecule has 6 heteroatoms. The van der Waals surface area contributed by atoms with Gasteiger partial charge in [0, 0.05) is 4.88 Å². The van der Waals surface area contributed by atoms with Gasteiger partial charge in [0.1, 0.15) is 12.1 Å². The van der Waals surface area contributed by atoms with Gasteiger partial charge in [-0.25, -0.2) is 0 Å². The number of amides is 3. The van der Waals surface area contributed by atoms with Crippen molar-refractivity contribution in [3.8, 4) is 0 Å². The molecule has 1 saturated heterocycles. The van der Waals surface area contributed by atoms with E-state index in [-0.39, 0.29) is 12.5 Å². The molecule has 0 spiro atoms. The van der Waals surface area contributed by atoms with E-state index in [0.717, 1.165) is 23.3 Å². The number of nitrogens with zero attached hydrogens (tertiary/aromatic N) is 1. The molecule has 0 aliphatic carbocycles. The molecule has 0 radical (unpaired) electrons. The first-order chi connectivity index (χ1) is 9.77. The van der Waals surface area contributed by atoms with Gasteiger partial charge in [-0.05, 0) is 38.8 Å². The summed E-state index contributed by atoms with van der Waals surface area (Å²) in [5.74, 6) is -1.12. The highest BCUT2D eigenvalue weighted by Crippen LogP contribution is 2.27. The lowest BCUT2D eigenvalue weighted by molar-refractivity contribution is -0.143. The van der Waals surface area contributed by atoms with E-state index in [2.05, 4.69) is 12.2 Å². The quantitative estimate of drug-likeness (QED) is 0.867.